The molecule has 1 radical (unpaired) electrons. The molecule has 1 aliphatic rings. The molecule has 41 valence electrons. The highest BCUT2D eigenvalue weighted by atomic mass is 28.2. The number of rotatable bonds is 0. The Kier molecular flexibility index (Phi) is 1.58. The Morgan fingerprint density at radius 1 is 1.25 bits per heavy atom. The summed E-state index contributed by atoms with van der Waals surface area (Å²) in [6.07, 6.45) is 4.35. The van der Waals surface area contributed by atoms with E-state index in [1.54, 1.807) is 0 Å². The van der Waals surface area contributed by atoms with Crippen LogP contribution in [0, 0.1) is 0 Å². The van der Waals surface area contributed by atoms with Crippen molar-refractivity contribution in [1.29, 1.82) is 0 Å². The molecule has 0 aliphatic carbocycles. The van der Waals surface area contributed by atoms with Gasteiger partial charge in [0.15, 0.2) is 0 Å². The molecule has 0 N–H and O–H groups in total. The van der Waals surface area contributed by atoms with Gasteiger partial charge in [-0.25, -0.2) is 0 Å². The normalized spacial score (nSPS) is 17.8. The minimum Gasteiger partial charge on any atom is -0.0741 e. The van der Waals surface area contributed by atoms with Crippen LogP contribution in [0.15, 0.2) is 22.9 Å². The Balaban J connectivity index is 2.86. The van der Waals surface area contributed by atoms with Gasteiger partial charge < -0.3 is 0 Å². The van der Waals surface area contributed by atoms with Crippen molar-refractivity contribution in [3.05, 3.63) is 22.9 Å². The van der Waals surface area contributed by atoms with Crippen LogP contribution in [0.4, 0.5) is 0 Å². The van der Waals surface area contributed by atoms with Gasteiger partial charge in [0.25, 0.3) is 0 Å². The quantitative estimate of drug-likeness (QED) is 0.424. The third kappa shape index (κ3) is 1.27. The van der Waals surface area contributed by atoms with Crippen molar-refractivity contribution in [2.24, 2.45) is 0 Å². The number of hydrogen-bond donors (Lipinski definition) is 0. The molecule has 0 bridgehead atoms. The molecule has 1 heteroatoms. The van der Waals surface area contributed by atoms with Gasteiger partial charge in [-0.2, -0.15) is 0 Å². The smallest absolute Gasteiger partial charge is 0.0542 e. The number of allylic oxidation sites excluding steroid dienone is 4. The second kappa shape index (κ2) is 2.22. The standard InChI is InChI=1S/C7H9Si/c1-6-3-4-7(2)8-5-6/h3-5H,1-2H3. The Hall–Kier alpha value is -0.433. The lowest BCUT2D eigenvalue weighted by molar-refractivity contribution is 1.58. The van der Waals surface area contributed by atoms with Gasteiger partial charge in [0.05, 0.1) is 9.13 Å². The van der Waals surface area contributed by atoms with Crippen molar-refractivity contribution in [1.82, 2.24) is 0 Å². The molecule has 0 aromatic carbocycles. The Morgan fingerprint density at radius 2 is 2.00 bits per heavy atom. The zero-order valence-corrected chi connectivity index (χ0v) is 6.23. The largest absolute Gasteiger partial charge is 0.0741 e. The number of hydrogen-bond acceptors (Lipinski definition) is 0. The maximum atomic E-state index is 2.27. The molecule has 8 heavy (non-hydrogen) atoms. The van der Waals surface area contributed by atoms with E-state index in [2.05, 4.69) is 31.7 Å². The van der Waals surface area contributed by atoms with Gasteiger partial charge >= 0.3 is 0 Å². The minimum absolute atomic E-state index is 0.924. The minimum atomic E-state index is 0.924. The lowest BCUT2D eigenvalue weighted by Gasteiger charge is -1.95. The summed E-state index contributed by atoms with van der Waals surface area (Å²) in [4.78, 5) is 0. The van der Waals surface area contributed by atoms with E-state index in [-0.39, 0.29) is 0 Å². The SMILES string of the molecule is CC1=CC=C(C)[Si]=C1. The van der Waals surface area contributed by atoms with Crippen molar-refractivity contribution in [3.63, 3.8) is 0 Å². The van der Waals surface area contributed by atoms with E-state index in [1.165, 1.54) is 10.8 Å². The molecule has 0 unspecified atom stereocenters. The van der Waals surface area contributed by atoms with Crippen LogP contribution in [-0.2, 0) is 0 Å². The summed E-state index contributed by atoms with van der Waals surface area (Å²) in [7, 11) is 0.924. The summed E-state index contributed by atoms with van der Waals surface area (Å²) in [5.74, 6) is 0. The summed E-state index contributed by atoms with van der Waals surface area (Å²) < 4.78 is 0. The third-order valence-electron chi connectivity index (χ3n) is 1.12. The molecule has 1 heterocycles. The zero-order valence-electron chi connectivity index (χ0n) is 5.23. The van der Waals surface area contributed by atoms with Crippen molar-refractivity contribution < 1.29 is 0 Å². The lowest BCUT2D eigenvalue weighted by atomic mass is 10.3. The maximum absolute atomic E-state index is 2.27. The molecular formula is C7H9Si. The molecule has 0 amide bonds. The van der Waals surface area contributed by atoms with Gasteiger partial charge in [0, 0.05) is 0 Å². The topological polar surface area (TPSA) is 0 Å². The molecule has 1 rings (SSSR count). The molecule has 0 nitrogen and oxygen atoms in total. The first-order chi connectivity index (χ1) is 3.79. The fourth-order valence-corrected chi connectivity index (χ4v) is 1.31. The van der Waals surface area contributed by atoms with Crippen LogP contribution in [0.1, 0.15) is 13.8 Å². The average molecular weight is 121 g/mol. The first kappa shape index (κ1) is 5.70. The lowest BCUT2D eigenvalue weighted by Crippen LogP contribution is -1.92. The molecule has 1 aliphatic heterocycles. The molecule has 0 spiro atoms. The molecule has 0 aromatic heterocycles. The maximum Gasteiger partial charge on any atom is 0.0542 e. The van der Waals surface area contributed by atoms with Crippen LogP contribution >= 0.6 is 0 Å². The molecule has 0 atom stereocenters. The van der Waals surface area contributed by atoms with Crippen LogP contribution in [0.5, 0.6) is 0 Å². The molecule has 0 saturated heterocycles. The molecule has 0 aromatic rings. The highest BCUT2D eigenvalue weighted by Crippen LogP contribution is 1.96. The molecular weight excluding hydrogens is 112 g/mol. The summed E-state index contributed by atoms with van der Waals surface area (Å²) >= 11 is 0. The fourth-order valence-electron chi connectivity index (χ4n) is 0.580. The Morgan fingerprint density at radius 3 is 2.38 bits per heavy atom. The highest BCUT2D eigenvalue weighted by molar-refractivity contribution is 6.57. The Bertz CT molecular complexity index is 153. The van der Waals surface area contributed by atoms with Crippen LogP contribution in [0.25, 0.3) is 0 Å². The first-order valence-corrected chi connectivity index (χ1v) is 3.82. The Labute approximate surface area is 52.4 Å². The van der Waals surface area contributed by atoms with Gasteiger partial charge in [-0.1, -0.05) is 28.6 Å². The zero-order chi connectivity index (χ0) is 5.98. The average Bonchev–Trinajstić information content (AvgIpc) is 1.77. The predicted molar refractivity (Wildman–Crippen MR) is 39.3 cm³/mol. The van der Waals surface area contributed by atoms with Gasteiger partial charge in [-0.05, 0) is 13.8 Å². The van der Waals surface area contributed by atoms with E-state index in [9.17, 15) is 0 Å². The monoisotopic (exact) mass is 121 g/mol. The van der Waals surface area contributed by atoms with Crippen molar-refractivity contribution >= 4 is 14.8 Å². The van der Waals surface area contributed by atoms with Crippen LogP contribution in [0.3, 0.4) is 0 Å². The van der Waals surface area contributed by atoms with Crippen molar-refractivity contribution in [2.75, 3.05) is 0 Å². The van der Waals surface area contributed by atoms with E-state index in [4.69, 9.17) is 0 Å². The van der Waals surface area contributed by atoms with Crippen LogP contribution < -0.4 is 0 Å². The van der Waals surface area contributed by atoms with Gasteiger partial charge in [0.2, 0.25) is 0 Å². The molecule has 0 fully saturated rings. The first-order valence-electron chi connectivity index (χ1n) is 2.74. The van der Waals surface area contributed by atoms with Gasteiger partial charge in [0.1, 0.15) is 0 Å². The van der Waals surface area contributed by atoms with E-state index >= 15 is 0 Å². The highest BCUT2D eigenvalue weighted by Gasteiger charge is 1.87. The van der Waals surface area contributed by atoms with E-state index < -0.39 is 0 Å². The summed E-state index contributed by atoms with van der Waals surface area (Å²) in [5.41, 5.74) is 3.67. The summed E-state index contributed by atoms with van der Waals surface area (Å²) in [6, 6.07) is 0. The molecule has 0 saturated carbocycles. The summed E-state index contributed by atoms with van der Waals surface area (Å²) in [5, 5.41) is 1.48. The van der Waals surface area contributed by atoms with Crippen LogP contribution in [0.2, 0.25) is 0 Å². The predicted octanol–water partition coefficient (Wildman–Crippen LogP) is 1.36. The second-order valence-corrected chi connectivity index (χ2v) is 3.42. The van der Waals surface area contributed by atoms with Gasteiger partial charge in [-0.15, -0.1) is 0 Å². The van der Waals surface area contributed by atoms with Crippen molar-refractivity contribution in [3.8, 4) is 0 Å². The van der Waals surface area contributed by atoms with Crippen molar-refractivity contribution in [2.45, 2.75) is 13.8 Å². The second-order valence-electron chi connectivity index (χ2n) is 2.05. The van der Waals surface area contributed by atoms with E-state index in [1.807, 2.05) is 0 Å². The fraction of sp³-hybridized carbons (Fsp3) is 0.286. The third-order valence-corrected chi connectivity index (χ3v) is 2.35. The van der Waals surface area contributed by atoms with E-state index in [0.717, 1.165) is 9.13 Å². The van der Waals surface area contributed by atoms with E-state index in [0.29, 0.717) is 0 Å². The van der Waals surface area contributed by atoms with Crippen LogP contribution in [-0.4, -0.2) is 14.8 Å². The summed E-state index contributed by atoms with van der Waals surface area (Å²) in [6.45, 7) is 4.30. The van der Waals surface area contributed by atoms with Gasteiger partial charge in [-0.3, -0.25) is 0 Å².